The quantitative estimate of drug-likeness (QED) is 0.757. The number of amides is 1. The summed E-state index contributed by atoms with van der Waals surface area (Å²) in [5.74, 6) is -0.158. The monoisotopic (exact) mass is 305 g/mol. The minimum atomic E-state index is -0.771. The van der Waals surface area contributed by atoms with Crippen LogP contribution in [0.3, 0.4) is 0 Å². The van der Waals surface area contributed by atoms with Crippen LogP contribution in [-0.4, -0.2) is 11.0 Å². The maximum Gasteiger partial charge on any atom is 0.223 e. The van der Waals surface area contributed by atoms with Crippen LogP contribution < -0.4 is 5.32 Å². The van der Waals surface area contributed by atoms with Crippen molar-refractivity contribution >= 4 is 16.7 Å². The number of benzene rings is 3. The van der Waals surface area contributed by atoms with Crippen LogP contribution in [0.1, 0.15) is 23.7 Å². The van der Waals surface area contributed by atoms with Crippen molar-refractivity contribution in [3.63, 3.8) is 0 Å². The standard InChI is InChI=1S/C20H19NO2/c22-19(17-7-2-1-3-8-17)13-20(23)21-14-15-10-11-16-6-4-5-9-18(16)12-15/h1-12,19,22H,13-14H2,(H,21,23). The van der Waals surface area contributed by atoms with E-state index in [1.54, 1.807) is 0 Å². The van der Waals surface area contributed by atoms with E-state index >= 15 is 0 Å². The molecule has 3 aromatic carbocycles. The van der Waals surface area contributed by atoms with Gasteiger partial charge in [0.15, 0.2) is 0 Å². The molecule has 0 fully saturated rings. The largest absolute Gasteiger partial charge is 0.388 e. The van der Waals surface area contributed by atoms with Gasteiger partial charge in [0.2, 0.25) is 5.91 Å². The molecule has 0 saturated carbocycles. The predicted octanol–water partition coefficient (Wildman–Crippen LogP) is 3.58. The molecule has 3 nitrogen and oxygen atoms in total. The van der Waals surface area contributed by atoms with E-state index in [1.807, 2.05) is 48.5 Å². The van der Waals surface area contributed by atoms with Crippen LogP contribution in [0.5, 0.6) is 0 Å². The van der Waals surface area contributed by atoms with E-state index in [4.69, 9.17) is 0 Å². The Labute approximate surface area is 135 Å². The van der Waals surface area contributed by atoms with Crippen molar-refractivity contribution in [3.05, 3.63) is 83.9 Å². The number of carbonyl (C=O) groups is 1. The summed E-state index contributed by atoms with van der Waals surface area (Å²) in [6, 6.07) is 23.5. The third kappa shape index (κ3) is 3.96. The van der Waals surface area contributed by atoms with Crippen LogP contribution in [0.4, 0.5) is 0 Å². The summed E-state index contributed by atoms with van der Waals surface area (Å²) in [5, 5.41) is 15.3. The lowest BCUT2D eigenvalue weighted by molar-refractivity contribution is -0.123. The van der Waals surface area contributed by atoms with Crippen LogP contribution in [0.15, 0.2) is 72.8 Å². The molecule has 1 amide bonds. The van der Waals surface area contributed by atoms with Gasteiger partial charge in [0.1, 0.15) is 0 Å². The van der Waals surface area contributed by atoms with Gasteiger partial charge in [-0.2, -0.15) is 0 Å². The van der Waals surface area contributed by atoms with Crippen molar-refractivity contribution in [3.8, 4) is 0 Å². The molecule has 0 aliphatic rings. The third-order valence-electron chi connectivity index (χ3n) is 3.87. The molecule has 3 rings (SSSR count). The molecule has 0 saturated heterocycles. The smallest absolute Gasteiger partial charge is 0.223 e. The maximum absolute atomic E-state index is 12.0. The van der Waals surface area contributed by atoms with Gasteiger partial charge >= 0.3 is 0 Å². The van der Waals surface area contributed by atoms with Gasteiger partial charge in [-0.25, -0.2) is 0 Å². The molecule has 0 aromatic heterocycles. The molecule has 0 aliphatic heterocycles. The van der Waals surface area contributed by atoms with Gasteiger partial charge in [0, 0.05) is 6.54 Å². The molecule has 0 heterocycles. The first-order valence-electron chi connectivity index (χ1n) is 7.70. The second-order valence-corrected chi connectivity index (χ2v) is 5.59. The Kier molecular flexibility index (Phi) is 4.69. The molecule has 0 radical (unpaired) electrons. The number of hydrogen-bond acceptors (Lipinski definition) is 2. The van der Waals surface area contributed by atoms with E-state index in [0.717, 1.165) is 16.5 Å². The van der Waals surface area contributed by atoms with Crippen molar-refractivity contribution in [2.75, 3.05) is 0 Å². The summed E-state index contributed by atoms with van der Waals surface area (Å²) in [4.78, 5) is 12.0. The average molecular weight is 305 g/mol. The fourth-order valence-corrected chi connectivity index (χ4v) is 2.59. The lowest BCUT2D eigenvalue weighted by Gasteiger charge is -2.11. The number of aliphatic hydroxyl groups excluding tert-OH is 1. The van der Waals surface area contributed by atoms with Gasteiger partial charge in [-0.3, -0.25) is 4.79 Å². The fourth-order valence-electron chi connectivity index (χ4n) is 2.59. The van der Waals surface area contributed by atoms with Gasteiger partial charge in [0.25, 0.3) is 0 Å². The molecule has 1 atom stereocenters. The van der Waals surface area contributed by atoms with Gasteiger partial charge in [-0.1, -0.05) is 66.7 Å². The van der Waals surface area contributed by atoms with E-state index in [2.05, 4.69) is 29.6 Å². The topological polar surface area (TPSA) is 49.3 Å². The van der Waals surface area contributed by atoms with Crippen LogP contribution in [0, 0.1) is 0 Å². The number of rotatable bonds is 5. The van der Waals surface area contributed by atoms with Crippen LogP contribution in [0.2, 0.25) is 0 Å². The Morgan fingerprint density at radius 3 is 2.39 bits per heavy atom. The van der Waals surface area contributed by atoms with E-state index in [0.29, 0.717) is 6.54 Å². The second-order valence-electron chi connectivity index (χ2n) is 5.59. The zero-order chi connectivity index (χ0) is 16.1. The van der Waals surface area contributed by atoms with Crippen molar-refractivity contribution in [1.82, 2.24) is 5.32 Å². The highest BCUT2D eigenvalue weighted by Crippen LogP contribution is 2.17. The first-order valence-corrected chi connectivity index (χ1v) is 7.70. The minimum absolute atomic E-state index is 0.0671. The summed E-state index contributed by atoms with van der Waals surface area (Å²) in [6.45, 7) is 0.463. The lowest BCUT2D eigenvalue weighted by Crippen LogP contribution is -2.24. The molecule has 0 bridgehead atoms. The Hall–Kier alpha value is -2.65. The molecule has 23 heavy (non-hydrogen) atoms. The van der Waals surface area contributed by atoms with Crippen LogP contribution in [0.25, 0.3) is 10.8 Å². The Morgan fingerprint density at radius 1 is 0.913 bits per heavy atom. The molecule has 0 aliphatic carbocycles. The van der Waals surface area contributed by atoms with Crippen LogP contribution >= 0.6 is 0 Å². The van der Waals surface area contributed by atoms with Gasteiger partial charge < -0.3 is 10.4 Å². The Morgan fingerprint density at radius 2 is 1.61 bits per heavy atom. The predicted molar refractivity (Wildman–Crippen MR) is 91.8 cm³/mol. The van der Waals surface area contributed by atoms with Crippen molar-refractivity contribution in [1.29, 1.82) is 0 Å². The SMILES string of the molecule is O=C(CC(O)c1ccccc1)NCc1ccc2ccccc2c1. The van der Waals surface area contributed by atoms with E-state index in [9.17, 15) is 9.90 Å². The lowest BCUT2D eigenvalue weighted by atomic mass is 10.1. The summed E-state index contributed by atoms with van der Waals surface area (Å²) in [7, 11) is 0. The second kappa shape index (κ2) is 7.07. The Balaban J connectivity index is 1.57. The third-order valence-corrected chi connectivity index (χ3v) is 3.87. The van der Waals surface area contributed by atoms with Crippen molar-refractivity contribution in [2.24, 2.45) is 0 Å². The fraction of sp³-hybridized carbons (Fsp3) is 0.150. The minimum Gasteiger partial charge on any atom is -0.388 e. The molecule has 0 spiro atoms. The first-order chi connectivity index (χ1) is 11.2. The summed E-state index contributed by atoms with van der Waals surface area (Å²) < 4.78 is 0. The number of aliphatic hydroxyl groups is 1. The normalized spacial score (nSPS) is 12.0. The number of carbonyl (C=O) groups excluding carboxylic acids is 1. The molecule has 3 heteroatoms. The summed E-state index contributed by atoms with van der Waals surface area (Å²) in [6.07, 6.45) is -0.703. The molecular weight excluding hydrogens is 286 g/mol. The molecule has 1 unspecified atom stereocenters. The van der Waals surface area contributed by atoms with E-state index in [1.165, 1.54) is 5.39 Å². The van der Waals surface area contributed by atoms with Crippen molar-refractivity contribution in [2.45, 2.75) is 19.1 Å². The average Bonchev–Trinajstić information content (AvgIpc) is 2.60. The summed E-state index contributed by atoms with van der Waals surface area (Å²) >= 11 is 0. The molecular formula is C20H19NO2. The van der Waals surface area contributed by atoms with Gasteiger partial charge in [-0.05, 0) is 28.0 Å². The molecule has 2 N–H and O–H groups in total. The number of fused-ring (bicyclic) bond motifs is 1. The highest BCUT2D eigenvalue weighted by atomic mass is 16.3. The Bertz CT molecular complexity index is 799. The maximum atomic E-state index is 12.0. The highest BCUT2D eigenvalue weighted by Gasteiger charge is 2.12. The zero-order valence-corrected chi connectivity index (χ0v) is 12.8. The van der Waals surface area contributed by atoms with Crippen LogP contribution in [-0.2, 0) is 11.3 Å². The van der Waals surface area contributed by atoms with Gasteiger partial charge in [-0.15, -0.1) is 0 Å². The van der Waals surface area contributed by atoms with Gasteiger partial charge in [0.05, 0.1) is 12.5 Å². The number of nitrogens with one attached hydrogen (secondary N) is 1. The molecule has 3 aromatic rings. The summed E-state index contributed by atoms with van der Waals surface area (Å²) in [5.41, 5.74) is 1.81. The molecule has 116 valence electrons. The van der Waals surface area contributed by atoms with E-state index < -0.39 is 6.10 Å². The first kappa shape index (κ1) is 15.3. The number of hydrogen-bond donors (Lipinski definition) is 2. The zero-order valence-electron chi connectivity index (χ0n) is 12.8. The van der Waals surface area contributed by atoms with Crippen molar-refractivity contribution < 1.29 is 9.90 Å². The van der Waals surface area contributed by atoms with E-state index in [-0.39, 0.29) is 12.3 Å². The highest BCUT2D eigenvalue weighted by molar-refractivity contribution is 5.83.